The van der Waals surface area contributed by atoms with Crippen molar-refractivity contribution in [3.63, 3.8) is 0 Å². The summed E-state index contributed by atoms with van der Waals surface area (Å²) in [7, 11) is 0. The average molecular weight is 354 g/mol. The van der Waals surface area contributed by atoms with E-state index in [1.807, 2.05) is 43.3 Å². The molecule has 138 valence electrons. The summed E-state index contributed by atoms with van der Waals surface area (Å²) in [5, 5.41) is 0. The van der Waals surface area contributed by atoms with Crippen LogP contribution in [0.5, 0.6) is 17.4 Å². The van der Waals surface area contributed by atoms with Crippen LogP contribution in [0.15, 0.2) is 47.6 Å². The molecule has 0 radical (unpaired) electrons. The van der Waals surface area contributed by atoms with Gasteiger partial charge < -0.3 is 20.1 Å². The zero-order chi connectivity index (χ0) is 18.2. The van der Waals surface area contributed by atoms with Gasteiger partial charge in [0.1, 0.15) is 11.5 Å². The van der Waals surface area contributed by atoms with Crippen LogP contribution in [-0.2, 0) is 6.54 Å². The number of rotatable bonds is 6. The topological polar surface area (TPSA) is 73.0 Å². The summed E-state index contributed by atoms with van der Waals surface area (Å²) in [6, 6.07) is 11.3. The standard InChI is InChI=1S/C20H26N4O2/c1-2-25-17-6-8-18(9-7-17)26-19-14-16(10-11-22-19)15-23-20(21)24-12-4-3-5-13-24/h6-11,14H,2-5,12-13,15H2,1H3,(H2,21,23). The number of guanidine groups is 1. The summed E-state index contributed by atoms with van der Waals surface area (Å²) >= 11 is 0. The third-order valence-corrected chi connectivity index (χ3v) is 4.26. The van der Waals surface area contributed by atoms with E-state index in [9.17, 15) is 0 Å². The zero-order valence-electron chi connectivity index (χ0n) is 15.2. The summed E-state index contributed by atoms with van der Waals surface area (Å²) in [6.07, 6.45) is 5.38. The van der Waals surface area contributed by atoms with Crippen molar-refractivity contribution in [3.05, 3.63) is 48.2 Å². The smallest absolute Gasteiger partial charge is 0.219 e. The minimum Gasteiger partial charge on any atom is -0.494 e. The number of likely N-dealkylation sites (tertiary alicyclic amines) is 1. The molecular formula is C20H26N4O2. The largest absolute Gasteiger partial charge is 0.494 e. The molecule has 1 aliphatic rings. The van der Waals surface area contributed by atoms with Gasteiger partial charge in [0.05, 0.1) is 13.2 Å². The van der Waals surface area contributed by atoms with Crippen LogP contribution in [0.2, 0.25) is 0 Å². The highest BCUT2D eigenvalue weighted by Crippen LogP contribution is 2.23. The molecule has 2 heterocycles. The summed E-state index contributed by atoms with van der Waals surface area (Å²) < 4.78 is 11.3. The van der Waals surface area contributed by atoms with E-state index in [0.717, 1.165) is 30.2 Å². The number of nitrogens with two attached hydrogens (primary N) is 1. The molecule has 1 aliphatic heterocycles. The van der Waals surface area contributed by atoms with Crippen molar-refractivity contribution in [3.8, 4) is 17.4 Å². The molecule has 0 aliphatic carbocycles. The predicted molar refractivity (Wildman–Crippen MR) is 103 cm³/mol. The van der Waals surface area contributed by atoms with Crippen LogP contribution >= 0.6 is 0 Å². The Morgan fingerprint density at radius 2 is 1.85 bits per heavy atom. The fraction of sp³-hybridized carbons (Fsp3) is 0.400. The van der Waals surface area contributed by atoms with E-state index in [-0.39, 0.29) is 0 Å². The van der Waals surface area contributed by atoms with Gasteiger partial charge in [0.25, 0.3) is 0 Å². The number of nitrogens with zero attached hydrogens (tertiary/aromatic N) is 3. The van der Waals surface area contributed by atoms with Gasteiger partial charge in [-0.05, 0) is 62.1 Å². The molecule has 0 spiro atoms. The minimum absolute atomic E-state index is 0.518. The number of pyridine rings is 1. The zero-order valence-corrected chi connectivity index (χ0v) is 15.2. The van der Waals surface area contributed by atoms with Gasteiger partial charge in [-0.25, -0.2) is 9.98 Å². The Hall–Kier alpha value is -2.76. The molecule has 26 heavy (non-hydrogen) atoms. The normalized spacial score (nSPS) is 15.0. The fourth-order valence-electron chi connectivity index (χ4n) is 2.89. The van der Waals surface area contributed by atoms with Gasteiger partial charge in [0, 0.05) is 25.4 Å². The molecule has 3 rings (SSSR count). The van der Waals surface area contributed by atoms with E-state index in [0.29, 0.717) is 25.0 Å². The summed E-state index contributed by atoms with van der Waals surface area (Å²) in [5.74, 6) is 2.70. The SMILES string of the molecule is CCOc1ccc(Oc2cc(CN=C(N)N3CCCCC3)ccn2)cc1. The molecule has 1 saturated heterocycles. The van der Waals surface area contributed by atoms with Gasteiger partial charge in [-0.15, -0.1) is 0 Å². The van der Waals surface area contributed by atoms with Gasteiger partial charge in [-0.3, -0.25) is 0 Å². The van der Waals surface area contributed by atoms with Crippen LogP contribution in [0, 0.1) is 0 Å². The summed E-state index contributed by atoms with van der Waals surface area (Å²) in [4.78, 5) is 10.9. The van der Waals surface area contributed by atoms with Crippen LogP contribution < -0.4 is 15.2 Å². The number of ether oxygens (including phenoxy) is 2. The molecular weight excluding hydrogens is 328 g/mol. The van der Waals surface area contributed by atoms with Crippen LogP contribution in [-0.4, -0.2) is 35.5 Å². The molecule has 0 bridgehead atoms. The first-order valence-corrected chi connectivity index (χ1v) is 9.15. The third kappa shape index (κ3) is 5.12. The first-order chi connectivity index (χ1) is 12.7. The van der Waals surface area contributed by atoms with Crippen molar-refractivity contribution in [2.24, 2.45) is 10.7 Å². The molecule has 1 aromatic carbocycles. The Labute approximate surface area is 154 Å². The van der Waals surface area contributed by atoms with Gasteiger partial charge in [0.2, 0.25) is 5.88 Å². The Morgan fingerprint density at radius 3 is 2.58 bits per heavy atom. The van der Waals surface area contributed by atoms with E-state index in [1.54, 1.807) is 6.20 Å². The van der Waals surface area contributed by atoms with Gasteiger partial charge in [-0.1, -0.05) is 0 Å². The third-order valence-electron chi connectivity index (χ3n) is 4.26. The number of aliphatic imine (C=N–C) groups is 1. The molecule has 6 nitrogen and oxygen atoms in total. The molecule has 0 saturated carbocycles. The highest BCUT2D eigenvalue weighted by molar-refractivity contribution is 5.78. The number of piperidine rings is 1. The highest BCUT2D eigenvalue weighted by Gasteiger charge is 2.11. The average Bonchev–Trinajstić information content (AvgIpc) is 2.69. The van der Waals surface area contributed by atoms with Crippen molar-refractivity contribution in [1.82, 2.24) is 9.88 Å². The van der Waals surface area contributed by atoms with Crippen molar-refractivity contribution < 1.29 is 9.47 Å². The van der Waals surface area contributed by atoms with Crippen LogP contribution in [0.25, 0.3) is 0 Å². The van der Waals surface area contributed by atoms with Gasteiger partial charge >= 0.3 is 0 Å². The lowest BCUT2D eigenvalue weighted by Gasteiger charge is -2.27. The maximum Gasteiger partial charge on any atom is 0.219 e. The van der Waals surface area contributed by atoms with E-state index in [2.05, 4.69) is 14.9 Å². The number of hydrogen-bond donors (Lipinski definition) is 1. The van der Waals surface area contributed by atoms with Crippen LogP contribution in [0.4, 0.5) is 0 Å². The number of aromatic nitrogens is 1. The maximum absolute atomic E-state index is 6.11. The molecule has 0 unspecified atom stereocenters. The van der Waals surface area contributed by atoms with Gasteiger partial charge in [0.15, 0.2) is 5.96 Å². The van der Waals surface area contributed by atoms with E-state index in [1.165, 1.54) is 19.3 Å². The van der Waals surface area contributed by atoms with Gasteiger partial charge in [-0.2, -0.15) is 0 Å². The van der Waals surface area contributed by atoms with Crippen LogP contribution in [0.3, 0.4) is 0 Å². The number of benzene rings is 1. The second-order valence-electron chi connectivity index (χ2n) is 6.23. The Bertz CT molecular complexity index is 725. The van der Waals surface area contributed by atoms with E-state index >= 15 is 0 Å². The fourth-order valence-corrected chi connectivity index (χ4v) is 2.89. The van der Waals surface area contributed by atoms with Crippen molar-refractivity contribution in [2.75, 3.05) is 19.7 Å². The van der Waals surface area contributed by atoms with Crippen molar-refractivity contribution >= 4 is 5.96 Å². The Balaban J connectivity index is 1.60. The Kier molecular flexibility index (Phi) is 6.30. The molecule has 0 amide bonds. The predicted octanol–water partition coefficient (Wildman–Crippen LogP) is 3.57. The quantitative estimate of drug-likeness (QED) is 0.634. The monoisotopic (exact) mass is 354 g/mol. The van der Waals surface area contributed by atoms with Crippen molar-refractivity contribution in [2.45, 2.75) is 32.7 Å². The molecule has 2 aromatic rings. The first kappa shape index (κ1) is 18.0. The van der Waals surface area contributed by atoms with Crippen molar-refractivity contribution in [1.29, 1.82) is 0 Å². The second-order valence-corrected chi connectivity index (χ2v) is 6.23. The lowest BCUT2D eigenvalue weighted by Crippen LogP contribution is -2.40. The highest BCUT2D eigenvalue weighted by atomic mass is 16.5. The summed E-state index contributed by atoms with van der Waals surface area (Å²) in [5.41, 5.74) is 7.13. The number of hydrogen-bond acceptors (Lipinski definition) is 4. The maximum atomic E-state index is 6.11. The second kappa shape index (κ2) is 9.08. The van der Waals surface area contributed by atoms with E-state index in [4.69, 9.17) is 15.2 Å². The van der Waals surface area contributed by atoms with E-state index < -0.39 is 0 Å². The molecule has 2 N–H and O–H groups in total. The first-order valence-electron chi connectivity index (χ1n) is 9.15. The molecule has 0 atom stereocenters. The molecule has 6 heteroatoms. The molecule has 1 fully saturated rings. The summed E-state index contributed by atoms with van der Waals surface area (Å²) in [6.45, 7) is 5.12. The lowest BCUT2D eigenvalue weighted by atomic mass is 10.1. The molecule has 1 aromatic heterocycles. The minimum atomic E-state index is 0.518. The lowest BCUT2D eigenvalue weighted by molar-refractivity contribution is 0.338. The Morgan fingerprint density at radius 1 is 1.12 bits per heavy atom. The van der Waals surface area contributed by atoms with Crippen LogP contribution in [0.1, 0.15) is 31.7 Å².